The van der Waals surface area contributed by atoms with Crippen molar-refractivity contribution < 1.29 is 9.53 Å². The number of benzene rings is 2. The van der Waals surface area contributed by atoms with Crippen molar-refractivity contribution in [3.8, 4) is 5.75 Å². The molecular formula is C20H17N3O2S. The third-order valence-corrected chi connectivity index (χ3v) is 4.82. The summed E-state index contributed by atoms with van der Waals surface area (Å²) in [6.45, 7) is 1.06. The predicted octanol–water partition coefficient (Wildman–Crippen LogP) is 4.43. The number of carbonyl (C=O) groups is 1. The number of fused-ring (bicyclic) bond motifs is 1. The van der Waals surface area contributed by atoms with Crippen LogP contribution < -0.4 is 10.1 Å². The van der Waals surface area contributed by atoms with Crippen molar-refractivity contribution in [2.75, 3.05) is 11.9 Å². The number of imidazole rings is 1. The summed E-state index contributed by atoms with van der Waals surface area (Å²) in [6, 6.07) is 21.2. The summed E-state index contributed by atoms with van der Waals surface area (Å²) in [7, 11) is 0. The minimum Gasteiger partial charge on any atom is -0.492 e. The highest BCUT2D eigenvalue weighted by Crippen LogP contribution is 2.21. The Morgan fingerprint density at radius 1 is 1.04 bits per heavy atom. The Labute approximate surface area is 154 Å². The number of nitrogens with zero attached hydrogens (tertiary/aromatic N) is 2. The van der Waals surface area contributed by atoms with Crippen molar-refractivity contribution in [3.05, 3.63) is 77.0 Å². The van der Waals surface area contributed by atoms with Gasteiger partial charge in [-0.05, 0) is 35.7 Å². The number of hydrogen-bond donors (Lipinski definition) is 1. The highest BCUT2D eigenvalue weighted by molar-refractivity contribution is 7.12. The number of rotatable bonds is 6. The van der Waals surface area contributed by atoms with E-state index in [1.807, 2.05) is 70.6 Å². The molecule has 26 heavy (non-hydrogen) atoms. The first-order valence-corrected chi connectivity index (χ1v) is 9.17. The summed E-state index contributed by atoms with van der Waals surface area (Å²) in [4.78, 5) is 17.6. The van der Waals surface area contributed by atoms with E-state index >= 15 is 0 Å². The van der Waals surface area contributed by atoms with Crippen LogP contribution in [-0.2, 0) is 6.54 Å². The van der Waals surface area contributed by atoms with E-state index in [1.165, 1.54) is 11.3 Å². The first-order chi connectivity index (χ1) is 12.8. The van der Waals surface area contributed by atoms with Gasteiger partial charge in [0.1, 0.15) is 12.4 Å². The number of hydrogen-bond acceptors (Lipinski definition) is 4. The maximum Gasteiger partial charge on any atom is 0.268 e. The second kappa shape index (κ2) is 7.41. The average Bonchev–Trinajstić information content (AvgIpc) is 3.31. The molecule has 1 amide bonds. The number of para-hydroxylation sites is 3. The number of ether oxygens (including phenoxy) is 1. The molecule has 130 valence electrons. The van der Waals surface area contributed by atoms with E-state index in [0.717, 1.165) is 16.8 Å². The molecular weight excluding hydrogens is 346 g/mol. The maximum absolute atomic E-state index is 12.4. The lowest BCUT2D eigenvalue weighted by Crippen LogP contribution is -2.17. The van der Waals surface area contributed by atoms with Crippen molar-refractivity contribution in [3.63, 3.8) is 0 Å². The minimum atomic E-state index is -0.152. The largest absolute Gasteiger partial charge is 0.492 e. The molecule has 0 saturated heterocycles. The summed E-state index contributed by atoms with van der Waals surface area (Å²) >= 11 is 1.40. The second-order valence-electron chi connectivity index (χ2n) is 5.67. The zero-order valence-corrected chi connectivity index (χ0v) is 14.8. The maximum atomic E-state index is 12.4. The van der Waals surface area contributed by atoms with Gasteiger partial charge in [-0.25, -0.2) is 4.98 Å². The van der Waals surface area contributed by atoms with Gasteiger partial charge < -0.3 is 9.30 Å². The standard InChI is InChI=1S/C20H17N3O2S/c24-19(18-11-6-14-26-18)22-20-21-16-9-4-5-10-17(16)23(20)12-13-25-15-7-2-1-3-8-15/h1-11,14H,12-13H2,(H,21,22,24). The molecule has 0 saturated carbocycles. The van der Waals surface area contributed by atoms with Gasteiger partial charge in [0.15, 0.2) is 0 Å². The molecule has 0 fully saturated rings. The molecule has 0 unspecified atom stereocenters. The predicted molar refractivity (Wildman–Crippen MR) is 104 cm³/mol. The van der Waals surface area contributed by atoms with Gasteiger partial charge in [0.05, 0.1) is 22.5 Å². The van der Waals surface area contributed by atoms with Crippen LogP contribution in [0.2, 0.25) is 0 Å². The Morgan fingerprint density at radius 2 is 1.85 bits per heavy atom. The molecule has 0 atom stereocenters. The molecule has 0 bridgehead atoms. The number of thiophene rings is 1. The van der Waals surface area contributed by atoms with E-state index in [2.05, 4.69) is 10.3 Å². The summed E-state index contributed by atoms with van der Waals surface area (Å²) in [5.41, 5.74) is 1.80. The first-order valence-electron chi connectivity index (χ1n) is 8.29. The van der Waals surface area contributed by atoms with E-state index in [4.69, 9.17) is 4.74 Å². The zero-order valence-electron chi connectivity index (χ0n) is 14.0. The van der Waals surface area contributed by atoms with Crippen LogP contribution in [0.15, 0.2) is 72.1 Å². The van der Waals surface area contributed by atoms with Crippen LogP contribution in [0.25, 0.3) is 11.0 Å². The number of nitrogens with one attached hydrogen (secondary N) is 1. The lowest BCUT2D eigenvalue weighted by atomic mass is 10.3. The van der Waals surface area contributed by atoms with E-state index in [9.17, 15) is 4.79 Å². The van der Waals surface area contributed by atoms with Crippen LogP contribution in [0, 0.1) is 0 Å². The van der Waals surface area contributed by atoms with E-state index in [-0.39, 0.29) is 5.91 Å². The fraction of sp³-hybridized carbons (Fsp3) is 0.100. The monoisotopic (exact) mass is 363 g/mol. The Bertz CT molecular complexity index is 1010. The molecule has 4 aromatic rings. The lowest BCUT2D eigenvalue weighted by Gasteiger charge is -2.11. The van der Waals surface area contributed by atoms with Crippen molar-refractivity contribution in [2.24, 2.45) is 0 Å². The molecule has 0 radical (unpaired) electrons. The van der Waals surface area contributed by atoms with Gasteiger partial charge in [0.2, 0.25) is 5.95 Å². The fourth-order valence-corrected chi connectivity index (χ4v) is 3.36. The third-order valence-electron chi connectivity index (χ3n) is 3.95. The molecule has 0 aliphatic heterocycles. The van der Waals surface area contributed by atoms with Crippen molar-refractivity contribution in [2.45, 2.75) is 6.54 Å². The second-order valence-corrected chi connectivity index (χ2v) is 6.62. The molecule has 2 heterocycles. The summed E-state index contributed by atoms with van der Waals surface area (Å²) in [5, 5.41) is 4.80. The van der Waals surface area contributed by atoms with Crippen LogP contribution in [0.1, 0.15) is 9.67 Å². The van der Waals surface area contributed by atoms with Gasteiger partial charge in [0, 0.05) is 0 Å². The summed E-state index contributed by atoms with van der Waals surface area (Å²) in [6.07, 6.45) is 0. The van der Waals surface area contributed by atoms with E-state index < -0.39 is 0 Å². The minimum absolute atomic E-state index is 0.152. The Morgan fingerprint density at radius 3 is 2.65 bits per heavy atom. The number of carbonyl (C=O) groups excluding carboxylic acids is 1. The molecule has 0 aliphatic rings. The van der Waals surface area contributed by atoms with Crippen LogP contribution in [0.5, 0.6) is 5.75 Å². The van der Waals surface area contributed by atoms with Gasteiger partial charge >= 0.3 is 0 Å². The summed E-state index contributed by atoms with van der Waals surface area (Å²) < 4.78 is 7.78. The quantitative estimate of drug-likeness (QED) is 0.551. The summed E-state index contributed by atoms with van der Waals surface area (Å²) in [5.74, 6) is 1.20. The van der Waals surface area contributed by atoms with Crippen LogP contribution in [0.4, 0.5) is 5.95 Å². The molecule has 2 aromatic carbocycles. The van der Waals surface area contributed by atoms with E-state index in [1.54, 1.807) is 6.07 Å². The smallest absolute Gasteiger partial charge is 0.268 e. The van der Waals surface area contributed by atoms with Gasteiger partial charge in [0.25, 0.3) is 5.91 Å². The zero-order chi connectivity index (χ0) is 17.8. The van der Waals surface area contributed by atoms with Gasteiger partial charge in [-0.2, -0.15) is 0 Å². The normalized spacial score (nSPS) is 10.8. The Hall–Kier alpha value is -3.12. The van der Waals surface area contributed by atoms with Crippen LogP contribution in [-0.4, -0.2) is 22.1 Å². The van der Waals surface area contributed by atoms with Crippen molar-refractivity contribution >= 4 is 34.2 Å². The SMILES string of the molecule is O=C(Nc1nc2ccccc2n1CCOc1ccccc1)c1cccs1. The number of aromatic nitrogens is 2. The van der Waals surface area contributed by atoms with Gasteiger partial charge in [-0.1, -0.05) is 36.4 Å². The van der Waals surface area contributed by atoms with Crippen molar-refractivity contribution in [1.82, 2.24) is 9.55 Å². The highest BCUT2D eigenvalue weighted by Gasteiger charge is 2.14. The average molecular weight is 363 g/mol. The molecule has 1 N–H and O–H groups in total. The number of amides is 1. The lowest BCUT2D eigenvalue weighted by molar-refractivity contribution is 0.102. The third kappa shape index (κ3) is 3.45. The molecule has 0 aliphatic carbocycles. The molecule has 2 aromatic heterocycles. The topological polar surface area (TPSA) is 56.2 Å². The fourth-order valence-electron chi connectivity index (χ4n) is 2.74. The van der Waals surface area contributed by atoms with Crippen molar-refractivity contribution in [1.29, 1.82) is 0 Å². The van der Waals surface area contributed by atoms with Gasteiger partial charge in [-0.3, -0.25) is 10.1 Å². The number of anilines is 1. The molecule has 0 spiro atoms. The molecule has 6 heteroatoms. The van der Waals surface area contributed by atoms with E-state index in [0.29, 0.717) is 24.0 Å². The van der Waals surface area contributed by atoms with Crippen LogP contribution >= 0.6 is 11.3 Å². The van der Waals surface area contributed by atoms with Crippen LogP contribution in [0.3, 0.4) is 0 Å². The van der Waals surface area contributed by atoms with Gasteiger partial charge in [-0.15, -0.1) is 11.3 Å². The Kier molecular flexibility index (Phi) is 4.66. The highest BCUT2D eigenvalue weighted by atomic mass is 32.1. The first kappa shape index (κ1) is 16.4. The molecule has 4 rings (SSSR count). The Balaban J connectivity index is 1.56. The molecule has 5 nitrogen and oxygen atoms in total.